The molecule has 1 N–H and O–H groups in total. The molecular formula is C33H38ClN3O3. The minimum absolute atomic E-state index is 0.00195. The Morgan fingerprint density at radius 3 is 2.58 bits per heavy atom. The van der Waals surface area contributed by atoms with Crippen LogP contribution in [0.3, 0.4) is 0 Å². The molecule has 0 bridgehead atoms. The van der Waals surface area contributed by atoms with E-state index in [0.29, 0.717) is 23.9 Å². The summed E-state index contributed by atoms with van der Waals surface area (Å²) in [6.07, 6.45) is 8.56. The molecule has 0 fully saturated rings. The lowest BCUT2D eigenvalue weighted by Gasteiger charge is -2.12. The number of nitrogens with zero attached hydrogens (tertiary/aromatic N) is 2. The van der Waals surface area contributed by atoms with Gasteiger partial charge >= 0.3 is 0 Å². The Morgan fingerprint density at radius 1 is 0.925 bits per heavy atom. The zero-order valence-corrected chi connectivity index (χ0v) is 23.7. The van der Waals surface area contributed by atoms with Crippen LogP contribution >= 0.6 is 11.6 Å². The highest BCUT2D eigenvalue weighted by molar-refractivity contribution is 6.30. The third-order valence-corrected chi connectivity index (χ3v) is 6.94. The van der Waals surface area contributed by atoms with Gasteiger partial charge in [-0.3, -0.25) is 4.79 Å². The molecule has 6 nitrogen and oxygen atoms in total. The van der Waals surface area contributed by atoms with Crippen molar-refractivity contribution in [1.29, 1.82) is 0 Å². The molecule has 1 amide bonds. The number of aryl methyl sites for hydroxylation is 2. The summed E-state index contributed by atoms with van der Waals surface area (Å²) >= 11 is 5.87. The number of hydrogen-bond acceptors (Lipinski definition) is 4. The number of rotatable bonds is 17. The van der Waals surface area contributed by atoms with Gasteiger partial charge in [0.25, 0.3) is 5.91 Å². The fourth-order valence-electron chi connectivity index (χ4n) is 4.63. The Labute approximate surface area is 242 Å². The maximum Gasteiger partial charge on any atom is 0.257 e. The number of aromatic nitrogens is 2. The van der Waals surface area contributed by atoms with Crippen LogP contribution in [0.5, 0.6) is 11.5 Å². The van der Waals surface area contributed by atoms with E-state index in [9.17, 15) is 4.79 Å². The molecule has 3 aromatic carbocycles. The normalized spacial score (nSPS) is 10.9. The van der Waals surface area contributed by atoms with E-state index in [1.165, 1.54) is 11.1 Å². The van der Waals surface area contributed by atoms with Gasteiger partial charge in [0, 0.05) is 24.5 Å². The minimum atomic E-state index is -0.120. The predicted molar refractivity (Wildman–Crippen MR) is 162 cm³/mol. The number of nitrogens with one attached hydrogen (secondary N) is 1. The topological polar surface area (TPSA) is 65.4 Å². The maximum atomic E-state index is 12.1. The van der Waals surface area contributed by atoms with Crippen LogP contribution in [0.4, 0.5) is 0 Å². The highest BCUT2D eigenvalue weighted by Crippen LogP contribution is 2.21. The van der Waals surface area contributed by atoms with Gasteiger partial charge in [0.05, 0.1) is 17.6 Å². The molecule has 4 rings (SSSR count). The highest BCUT2D eigenvalue weighted by atomic mass is 35.5. The van der Waals surface area contributed by atoms with Crippen LogP contribution in [-0.2, 0) is 24.2 Å². The van der Waals surface area contributed by atoms with Gasteiger partial charge in [-0.1, -0.05) is 54.4 Å². The van der Waals surface area contributed by atoms with Crippen LogP contribution in [0.2, 0.25) is 5.02 Å². The van der Waals surface area contributed by atoms with Gasteiger partial charge in [-0.15, -0.1) is 6.58 Å². The second-order valence-corrected chi connectivity index (χ2v) is 10.2. The molecule has 0 aliphatic carbocycles. The minimum Gasteiger partial charge on any atom is -0.493 e. The van der Waals surface area contributed by atoms with Crippen molar-refractivity contribution in [2.75, 3.05) is 19.8 Å². The number of ether oxygens (including phenoxy) is 2. The molecule has 4 aromatic rings. The molecule has 0 unspecified atom stereocenters. The Balaban J connectivity index is 1.17. The van der Waals surface area contributed by atoms with Crippen LogP contribution in [0.1, 0.15) is 43.5 Å². The molecular weight excluding hydrogens is 522 g/mol. The fourth-order valence-corrected chi connectivity index (χ4v) is 4.76. The standard InChI is InChI=1S/C33H38ClN3O3/c1-2-12-26-13-5-8-16-31(26)39-24-11-10-23-37-30-15-7-6-14-29(30)36-32(37)17-4-3-9-22-35-33(38)25-40-28-20-18-27(34)19-21-28/h2,5-8,13-16,18-21H,1,3-4,9-12,17,22-25H2,(H,35,38). The quantitative estimate of drug-likeness (QED) is 0.110. The van der Waals surface area contributed by atoms with E-state index in [1.807, 2.05) is 30.3 Å². The Hall–Kier alpha value is -3.77. The molecule has 0 atom stereocenters. The van der Waals surface area contributed by atoms with Crippen molar-refractivity contribution in [2.45, 2.75) is 51.5 Å². The zero-order chi connectivity index (χ0) is 28.0. The summed E-state index contributed by atoms with van der Waals surface area (Å²) < 4.78 is 13.9. The molecule has 7 heteroatoms. The number of carbonyl (C=O) groups excluding carboxylic acids is 1. The second-order valence-electron chi connectivity index (χ2n) is 9.73. The van der Waals surface area contributed by atoms with Crippen LogP contribution in [0.25, 0.3) is 11.0 Å². The van der Waals surface area contributed by atoms with Gasteiger partial charge in [-0.2, -0.15) is 0 Å². The molecule has 1 heterocycles. The van der Waals surface area contributed by atoms with Gasteiger partial charge < -0.3 is 19.4 Å². The smallest absolute Gasteiger partial charge is 0.257 e. The number of benzene rings is 3. The fraction of sp³-hybridized carbons (Fsp3) is 0.333. The van der Waals surface area contributed by atoms with Crippen molar-refractivity contribution >= 4 is 28.5 Å². The molecule has 0 aliphatic heterocycles. The third kappa shape index (κ3) is 8.88. The SMILES string of the molecule is C=CCc1ccccc1OCCCCn1c(CCCCCNC(=O)COc2ccc(Cl)cc2)nc2ccccc21. The lowest BCUT2D eigenvalue weighted by molar-refractivity contribution is -0.123. The van der Waals surface area contributed by atoms with Crippen LogP contribution in [0, 0.1) is 0 Å². The number of allylic oxidation sites excluding steroid dienone is 1. The van der Waals surface area contributed by atoms with Gasteiger partial charge in [0.2, 0.25) is 0 Å². The third-order valence-electron chi connectivity index (χ3n) is 6.69. The van der Waals surface area contributed by atoms with E-state index in [4.69, 9.17) is 26.1 Å². The average Bonchev–Trinajstić information content (AvgIpc) is 3.32. The molecule has 210 valence electrons. The summed E-state index contributed by atoms with van der Waals surface area (Å²) in [6, 6.07) is 23.5. The van der Waals surface area contributed by atoms with Crippen LogP contribution < -0.4 is 14.8 Å². The molecule has 0 saturated heterocycles. The number of halogens is 1. The number of fused-ring (bicyclic) bond motifs is 1. The number of carbonyl (C=O) groups is 1. The summed E-state index contributed by atoms with van der Waals surface area (Å²) in [6.45, 7) is 6.07. The van der Waals surface area contributed by atoms with E-state index in [1.54, 1.807) is 24.3 Å². The van der Waals surface area contributed by atoms with E-state index < -0.39 is 0 Å². The maximum absolute atomic E-state index is 12.1. The zero-order valence-electron chi connectivity index (χ0n) is 23.0. The molecule has 0 aliphatic rings. The van der Waals surface area contributed by atoms with Gasteiger partial charge in [-0.25, -0.2) is 4.98 Å². The first-order valence-electron chi connectivity index (χ1n) is 14.0. The van der Waals surface area contributed by atoms with Gasteiger partial charge in [-0.05, 0) is 80.1 Å². The Kier molecular flexibility index (Phi) is 11.5. The van der Waals surface area contributed by atoms with E-state index >= 15 is 0 Å². The number of para-hydroxylation sites is 3. The van der Waals surface area contributed by atoms with Crippen LogP contribution in [-0.4, -0.2) is 35.2 Å². The largest absolute Gasteiger partial charge is 0.493 e. The molecule has 0 saturated carbocycles. The van der Waals surface area contributed by atoms with Crippen molar-refractivity contribution in [3.8, 4) is 11.5 Å². The second kappa shape index (κ2) is 15.7. The average molecular weight is 560 g/mol. The summed E-state index contributed by atoms with van der Waals surface area (Å²) in [5.41, 5.74) is 3.40. The Morgan fingerprint density at radius 2 is 1.73 bits per heavy atom. The van der Waals surface area contributed by atoms with Gasteiger partial charge in [0.15, 0.2) is 6.61 Å². The number of amides is 1. The molecule has 0 radical (unpaired) electrons. The number of imidazole rings is 1. The first-order chi connectivity index (χ1) is 19.6. The van der Waals surface area contributed by atoms with E-state index in [-0.39, 0.29) is 12.5 Å². The van der Waals surface area contributed by atoms with Crippen molar-refractivity contribution in [2.24, 2.45) is 0 Å². The Bertz CT molecular complexity index is 1370. The number of unbranched alkanes of at least 4 members (excludes halogenated alkanes) is 3. The van der Waals surface area contributed by atoms with E-state index in [0.717, 1.165) is 68.6 Å². The highest BCUT2D eigenvalue weighted by Gasteiger charge is 2.10. The van der Waals surface area contributed by atoms with E-state index in [2.05, 4.69) is 40.7 Å². The molecule has 40 heavy (non-hydrogen) atoms. The number of hydrogen-bond donors (Lipinski definition) is 1. The van der Waals surface area contributed by atoms with Crippen molar-refractivity contribution in [1.82, 2.24) is 14.9 Å². The molecule has 1 aromatic heterocycles. The summed E-state index contributed by atoms with van der Waals surface area (Å²) in [4.78, 5) is 17.0. The monoisotopic (exact) mass is 559 g/mol. The summed E-state index contributed by atoms with van der Waals surface area (Å²) in [5, 5.41) is 3.57. The first kappa shape index (κ1) is 29.2. The summed E-state index contributed by atoms with van der Waals surface area (Å²) in [7, 11) is 0. The molecule has 0 spiro atoms. The van der Waals surface area contributed by atoms with Crippen molar-refractivity contribution in [3.63, 3.8) is 0 Å². The first-order valence-corrected chi connectivity index (χ1v) is 14.4. The lowest BCUT2D eigenvalue weighted by Crippen LogP contribution is -2.29. The van der Waals surface area contributed by atoms with Crippen molar-refractivity contribution < 1.29 is 14.3 Å². The van der Waals surface area contributed by atoms with Crippen molar-refractivity contribution in [3.05, 3.63) is 102 Å². The lowest BCUT2D eigenvalue weighted by atomic mass is 10.1. The van der Waals surface area contributed by atoms with Crippen LogP contribution in [0.15, 0.2) is 85.5 Å². The summed E-state index contributed by atoms with van der Waals surface area (Å²) in [5.74, 6) is 2.58. The van der Waals surface area contributed by atoms with Gasteiger partial charge in [0.1, 0.15) is 17.3 Å². The predicted octanol–water partition coefficient (Wildman–Crippen LogP) is 7.19.